The maximum atomic E-state index is 13.2. The summed E-state index contributed by atoms with van der Waals surface area (Å²) in [6.45, 7) is 1.99. The van der Waals surface area contributed by atoms with Crippen molar-refractivity contribution in [2.45, 2.75) is 25.4 Å². The Balaban J connectivity index is 1.57. The van der Waals surface area contributed by atoms with Gasteiger partial charge < -0.3 is 14.6 Å². The molecule has 2 amide bonds. The van der Waals surface area contributed by atoms with Gasteiger partial charge in [-0.3, -0.25) is 14.9 Å². The summed E-state index contributed by atoms with van der Waals surface area (Å²) in [6, 6.07) is 20.5. The molecule has 0 saturated carbocycles. The monoisotopic (exact) mass is 389 g/mol. The molecule has 0 saturated heterocycles. The highest BCUT2D eigenvalue weighted by atomic mass is 16.3. The summed E-state index contributed by atoms with van der Waals surface area (Å²) < 4.78 is 5.60. The van der Waals surface area contributed by atoms with Gasteiger partial charge >= 0.3 is 0 Å². The summed E-state index contributed by atoms with van der Waals surface area (Å²) in [5.74, 6) is 0.546. The maximum absolute atomic E-state index is 13.2. The molecule has 0 bridgehead atoms. The molecule has 2 N–H and O–H groups in total. The van der Waals surface area contributed by atoms with Crippen molar-refractivity contribution in [1.82, 2.24) is 5.32 Å². The second-order valence-corrected chi connectivity index (χ2v) is 7.12. The van der Waals surface area contributed by atoms with E-state index in [1.165, 1.54) is 0 Å². The molecule has 29 heavy (non-hydrogen) atoms. The number of carbonyl (C=O) groups excluding carboxylic acids is 2. The molecule has 148 valence electrons. The second-order valence-electron chi connectivity index (χ2n) is 7.12. The van der Waals surface area contributed by atoms with Gasteiger partial charge in [-0.05, 0) is 36.8 Å². The van der Waals surface area contributed by atoms with Crippen LogP contribution in [0.4, 0.5) is 11.4 Å². The van der Waals surface area contributed by atoms with Gasteiger partial charge in [0.15, 0.2) is 0 Å². The number of hydrogen-bond acceptors (Lipinski definition) is 4. The number of rotatable bonds is 5. The molecule has 6 heteroatoms. The number of fused-ring (bicyclic) bond motifs is 1. The number of nitrogens with zero attached hydrogens (tertiary/aromatic N) is 1. The van der Waals surface area contributed by atoms with E-state index in [4.69, 9.17) is 4.42 Å². The van der Waals surface area contributed by atoms with Crippen molar-refractivity contribution < 1.29 is 14.0 Å². The summed E-state index contributed by atoms with van der Waals surface area (Å²) in [6.07, 6.45) is 1.87. The third-order valence-electron chi connectivity index (χ3n) is 5.05. The lowest BCUT2D eigenvalue weighted by molar-refractivity contribution is -0.118. The van der Waals surface area contributed by atoms with Crippen molar-refractivity contribution in [3.05, 3.63) is 84.3 Å². The van der Waals surface area contributed by atoms with Crippen LogP contribution in [-0.2, 0) is 9.59 Å². The number of benzene rings is 2. The molecule has 0 fully saturated rings. The molecule has 4 rings (SSSR count). The van der Waals surface area contributed by atoms with Crippen molar-refractivity contribution in [3.63, 3.8) is 0 Å². The number of nitrogens with one attached hydrogen (secondary N) is 2. The zero-order valence-corrected chi connectivity index (χ0v) is 16.2. The van der Waals surface area contributed by atoms with Crippen LogP contribution >= 0.6 is 0 Å². The molecular weight excluding hydrogens is 366 g/mol. The SMILES string of the molecule is C[C@H]1CC(=O)Nc2ccccc2N1C(=O)CN[C@@H](c1ccccc1)c1ccco1. The molecule has 0 spiro atoms. The summed E-state index contributed by atoms with van der Waals surface area (Å²) in [4.78, 5) is 27.1. The smallest absolute Gasteiger partial charge is 0.241 e. The average Bonchev–Trinajstić information content (AvgIpc) is 3.20. The molecule has 1 aromatic heterocycles. The van der Waals surface area contributed by atoms with Crippen LogP contribution < -0.4 is 15.5 Å². The summed E-state index contributed by atoms with van der Waals surface area (Å²) in [5, 5.41) is 6.21. The zero-order valence-electron chi connectivity index (χ0n) is 16.2. The van der Waals surface area contributed by atoms with Gasteiger partial charge in [-0.2, -0.15) is 0 Å². The number of amides is 2. The van der Waals surface area contributed by atoms with E-state index in [9.17, 15) is 9.59 Å². The van der Waals surface area contributed by atoms with Crippen LogP contribution in [0.25, 0.3) is 0 Å². The molecule has 2 heterocycles. The van der Waals surface area contributed by atoms with Crippen molar-refractivity contribution in [1.29, 1.82) is 0 Å². The first-order valence-corrected chi connectivity index (χ1v) is 9.66. The lowest BCUT2D eigenvalue weighted by Gasteiger charge is -2.29. The summed E-state index contributed by atoms with van der Waals surface area (Å²) >= 11 is 0. The Morgan fingerprint density at radius 2 is 1.90 bits per heavy atom. The van der Waals surface area contributed by atoms with Crippen LogP contribution in [0.3, 0.4) is 0 Å². The van der Waals surface area contributed by atoms with Crippen molar-refractivity contribution in [2.75, 3.05) is 16.8 Å². The molecule has 2 aromatic carbocycles. The van der Waals surface area contributed by atoms with E-state index in [1.807, 2.05) is 73.7 Å². The van der Waals surface area contributed by atoms with Crippen LogP contribution in [0.1, 0.15) is 30.7 Å². The van der Waals surface area contributed by atoms with Gasteiger partial charge in [0, 0.05) is 12.5 Å². The molecule has 1 aliphatic heterocycles. The minimum absolute atomic E-state index is 0.0917. The predicted octanol–water partition coefficient (Wildman–Crippen LogP) is 3.72. The molecule has 0 aliphatic carbocycles. The highest BCUT2D eigenvalue weighted by molar-refractivity contribution is 6.04. The molecular formula is C23H23N3O3. The van der Waals surface area contributed by atoms with E-state index in [-0.39, 0.29) is 36.9 Å². The van der Waals surface area contributed by atoms with Gasteiger partial charge in [0.1, 0.15) is 5.76 Å². The molecule has 0 radical (unpaired) electrons. The van der Waals surface area contributed by atoms with Crippen LogP contribution in [0.15, 0.2) is 77.4 Å². The highest BCUT2D eigenvalue weighted by Gasteiger charge is 2.30. The molecule has 2 atom stereocenters. The summed E-state index contributed by atoms with van der Waals surface area (Å²) in [5.41, 5.74) is 2.38. The number of anilines is 2. The minimum Gasteiger partial charge on any atom is -0.467 e. The van der Waals surface area contributed by atoms with Gasteiger partial charge in [0.2, 0.25) is 11.8 Å². The maximum Gasteiger partial charge on any atom is 0.241 e. The van der Waals surface area contributed by atoms with Crippen LogP contribution in [-0.4, -0.2) is 24.4 Å². The first-order valence-electron chi connectivity index (χ1n) is 9.66. The number of para-hydroxylation sites is 2. The van der Waals surface area contributed by atoms with E-state index in [2.05, 4.69) is 10.6 Å². The third kappa shape index (κ3) is 4.07. The first kappa shape index (κ1) is 19.0. The Morgan fingerprint density at radius 1 is 1.14 bits per heavy atom. The Morgan fingerprint density at radius 3 is 2.66 bits per heavy atom. The normalized spacial score (nSPS) is 17.2. The zero-order chi connectivity index (χ0) is 20.2. The fraction of sp³-hybridized carbons (Fsp3) is 0.217. The Bertz CT molecular complexity index is 986. The van der Waals surface area contributed by atoms with Crippen molar-refractivity contribution >= 4 is 23.2 Å². The van der Waals surface area contributed by atoms with Crippen LogP contribution in [0.5, 0.6) is 0 Å². The van der Waals surface area contributed by atoms with E-state index in [0.717, 1.165) is 11.3 Å². The standard InChI is InChI=1S/C23H23N3O3/c1-16-14-21(27)25-18-10-5-6-11-19(18)26(16)22(28)15-24-23(20-12-7-13-29-20)17-8-3-2-4-9-17/h2-13,16,23-24H,14-15H2,1H3,(H,25,27)/t16-,23-/m0/s1. The quantitative estimate of drug-likeness (QED) is 0.697. The van der Waals surface area contributed by atoms with Gasteiger partial charge in [-0.15, -0.1) is 0 Å². The minimum atomic E-state index is -0.244. The second kappa shape index (κ2) is 8.32. The number of hydrogen-bond donors (Lipinski definition) is 2. The largest absolute Gasteiger partial charge is 0.467 e. The van der Waals surface area contributed by atoms with Gasteiger partial charge in [0.25, 0.3) is 0 Å². The first-order chi connectivity index (χ1) is 14.1. The van der Waals surface area contributed by atoms with Crippen LogP contribution in [0.2, 0.25) is 0 Å². The van der Waals surface area contributed by atoms with Crippen molar-refractivity contribution in [2.24, 2.45) is 0 Å². The van der Waals surface area contributed by atoms with Gasteiger partial charge in [0.05, 0.1) is 30.2 Å². The number of furan rings is 1. The lowest BCUT2D eigenvalue weighted by Crippen LogP contribution is -2.44. The van der Waals surface area contributed by atoms with E-state index < -0.39 is 0 Å². The van der Waals surface area contributed by atoms with Crippen molar-refractivity contribution in [3.8, 4) is 0 Å². The fourth-order valence-electron chi connectivity index (χ4n) is 3.73. The predicted molar refractivity (Wildman–Crippen MR) is 112 cm³/mol. The van der Waals surface area contributed by atoms with E-state index in [1.54, 1.807) is 11.2 Å². The Kier molecular flexibility index (Phi) is 5.44. The molecule has 6 nitrogen and oxygen atoms in total. The highest BCUT2D eigenvalue weighted by Crippen LogP contribution is 2.31. The molecule has 3 aromatic rings. The average molecular weight is 389 g/mol. The van der Waals surface area contributed by atoms with Gasteiger partial charge in [-0.1, -0.05) is 42.5 Å². The molecule has 0 unspecified atom stereocenters. The third-order valence-corrected chi connectivity index (χ3v) is 5.05. The van der Waals surface area contributed by atoms with Crippen LogP contribution in [0, 0.1) is 0 Å². The van der Waals surface area contributed by atoms with E-state index >= 15 is 0 Å². The fourth-order valence-corrected chi connectivity index (χ4v) is 3.73. The Hall–Kier alpha value is -3.38. The molecule has 1 aliphatic rings. The van der Waals surface area contributed by atoms with Gasteiger partial charge in [-0.25, -0.2) is 0 Å². The summed E-state index contributed by atoms with van der Waals surface area (Å²) in [7, 11) is 0. The Labute approximate surface area is 169 Å². The van der Waals surface area contributed by atoms with E-state index in [0.29, 0.717) is 11.4 Å². The topological polar surface area (TPSA) is 74.6 Å². The number of carbonyl (C=O) groups is 2. The lowest BCUT2D eigenvalue weighted by atomic mass is 10.0.